The van der Waals surface area contributed by atoms with Gasteiger partial charge in [-0.05, 0) is 41.6 Å². The Morgan fingerprint density at radius 1 is 1.26 bits per heavy atom. The number of thiophene rings is 1. The first-order valence-electron chi connectivity index (χ1n) is 8.97. The maximum Gasteiger partial charge on any atom is 0.267 e. The number of sulfonamides is 1. The summed E-state index contributed by atoms with van der Waals surface area (Å²) < 4.78 is 40.5. The average molecular weight is 480 g/mol. The maximum atomic E-state index is 15.0. The lowest BCUT2D eigenvalue weighted by Crippen LogP contribution is -2.43. The highest BCUT2D eigenvalue weighted by molar-refractivity contribution is 7.91. The zero-order valence-corrected chi connectivity index (χ0v) is 18.1. The van der Waals surface area contributed by atoms with Crippen LogP contribution in [0.25, 0.3) is 6.08 Å². The highest BCUT2D eigenvalue weighted by Gasteiger charge is 2.34. The van der Waals surface area contributed by atoms with Gasteiger partial charge in [0.25, 0.3) is 10.0 Å². The van der Waals surface area contributed by atoms with Gasteiger partial charge in [-0.15, -0.1) is 16.2 Å². The van der Waals surface area contributed by atoms with E-state index in [2.05, 4.69) is 10.1 Å². The van der Waals surface area contributed by atoms with Crippen molar-refractivity contribution in [3.63, 3.8) is 0 Å². The van der Waals surface area contributed by atoms with Crippen molar-refractivity contribution in [3.8, 4) is 0 Å². The largest absolute Gasteiger partial charge is 0.380 e. The van der Waals surface area contributed by atoms with Crippen LogP contribution in [0.5, 0.6) is 0 Å². The smallest absolute Gasteiger partial charge is 0.267 e. The molecule has 0 fully saturated rings. The monoisotopic (exact) mass is 479 g/mol. The predicted molar refractivity (Wildman–Crippen MR) is 115 cm³/mol. The molecule has 11 heteroatoms. The average Bonchev–Trinajstić information content (AvgIpc) is 3.19. The number of benzene rings is 1. The van der Waals surface area contributed by atoms with Gasteiger partial charge >= 0.3 is 0 Å². The Kier molecular flexibility index (Phi) is 5.80. The van der Waals surface area contributed by atoms with Crippen molar-refractivity contribution < 1.29 is 22.4 Å². The summed E-state index contributed by atoms with van der Waals surface area (Å²) in [5, 5.41) is 3.60. The molecule has 1 aromatic carbocycles. The summed E-state index contributed by atoms with van der Waals surface area (Å²) in [5.74, 6) is -1.42. The molecule has 1 unspecified atom stereocenters. The minimum Gasteiger partial charge on any atom is -0.380 e. The summed E-state index contributed by atoms with van der Waals surface area (Å²) in [7, 11) is -4.22. The molecule has 2 aromatic rings. The lowest BCUT2D eigenvalue weighted by Gasteiger charge is -2.32. The highest BCUT2D eigenvalue weighted by Crippen LogP contribution is 2.38. The summed E-state index contributed by atoms with van der Waals surface area (Å²) in [6, 6.07) is 9.27. The van der Waals surface area contributed by atoms with Crippen LogP contribution in [0.15, 0.2) is 70.0 Å². The van der Waals surface area contributed by atoms with Gasteiger partial charge in [-0.2, -0.15) is 0 Å². The number of nitrogens with zero attached hydrogens (tertiary/aromatic N) is 1. The quantitative estimate of drug-likeness (QED) is 0.488. The summed E-state index contributed by atoms with van der Waals surface area (Å²) in [5.41, 5.74) is 1.39. The molecule has 0 bridgehead atoms. The Bertz CT molecular complexity index is 1270. The third-order valence-electron chi connectivity index (χ3n) is 4.70. The Morgan fingerprint density at radius 2 is 2.03 bits per heavy atom. The molecule has 2 aliphatic rings. The number of ketones is 1. The molecule has 1 amide bonds. The molecule has 7 nitrogen and oxygen atoms in total. The molecule has 1 aliphatic carbocycles. The van der Waals surface area contributed by atoms with Crippen LogP contribution in [-0.4, -0.2) is 25.6 Å². The summed E-state index contributed by atoms with van der Waals surface area (Å²) in [6.45, 7) is 0. The first kappa shape index (κ1) is 21.4. The minimum atomic E-state index is -4.22. The van der Waals surface area contributed by atoms with Crippen molar-refractivity contribution in [3.05, 3.63) is 81.2 Å². The molecular formula is C20H15ClFN3O4S2. The summed E-state index contributed by atoms with van der Waals surface area (Å²) in [4.78, 5) is 26.1. The van der Waals surface area contributed by atoms with E-state index in [-0.39, 0.29) is 26.2 Å². The minimum absolute atomic E-state index is 0.129. The molecule has 2 heterocycles. The van der Waals surface area contributed by atoms with E-state index in [1.54, 1.807) is 18.3 Å². The van der Waals surface area contributed by atoms with Gasteiger partial charge in [0.15, 0.2) is 5.78 Å². The van der Waals surface area contributed by atoms with Crippen LogP contribution in [0.1, 0.15) is 23.6 Å². The van der Waals surface area contributed by atoms with Gasteiger partial charge in [-0.1, -0.05) is 35.9 Å². The predicted octanol–water partition coefficient (Wildman–Crippen LogP) is 3.45. The van der Waals surface area contributed by atoms with Crippen molar-refractivity contribution in [1.82, 2.24) is 15.2 Å². The topological polar surface area (TPSA) is 95.6 Å². The van der Waals surface area contributed by atoms with E-state index < -0.39 is 34.1 Å². The van der Waals surface area contributed by atoms with Gasteiger partial charge in [0.05, 0.1) is 22.5 Å². The number of fused-ring (bicyclic) bond motifs is 1. The second kappa shape index (κ2) is 8.39. The maximum absolute atomic E-state index is 15.0. The fraction of sp³-hybridized carbons (Fsp3) is 0.100. The lowest BCUT2D eigenvalue weighted by atomic mass is 9.87. The molecule has 2 N–H and O–H groups in total. The van der Waals surface area contributed by atoms with Gasteiger partial charge in [0, 0.05) is 5.57 Å². The molecular weight excluding hydrogens is 465 g/mol. The van der Waals surface area contributed by atoms with Crippen molar-refractivity contribution in [1.29, 1.82) is 0 Å². The van der Waals surface area contributed by atoms with E-state index in [4.69, 9.17) is 11.6 Å². The third-order valence-corrected chi connectivity index (χ3v) is 7.74. The van der Waals surface area contributed by atoms with E-state index in [1.807, 2.05) is 18.2 Å². The van der Waals surface area contributed by atoms with Crippen LogP contribution in [0.4, 0.5) is 4.39 Å². The summed E-state index contributed by atoms with van der Waals surface area (Å²) >= 11 is 6.60. The first-order valence-corrected chi connectivity index (χ1v) is 11.6. The molecule has 4 rings (SSSR count). The normalized spacial score (nSPS) is 18.3. The fourth-order valence-electron chi connectivity index (χ4n) is 3.42. The molecule has 0 saturated heterocycles. The second-order valence-electron chi connectivity index (χ2n) is 6.69. The van der Waals surface area contributed by atoms with Crippen LogP contribution in [0.2, 0.25) is 4.34 Å². The zero-order chi connectivity index (χ0) is 22.2. The van der Waals surface area contributed by atoms with Crippen molar-refractivity contribution in [2.24, 2.45) is 0 Å². The molecule has 31 heavy (non-hydrogen) atoms. The number of carbonyl (C=O) groups excluding carboxylic acids is 2. The molecule has 0 radical (unpaired) electrons. The van der Waals surface area contributed by atoms with Crippen molar-refractivity contribution in [2.45, 2.75) is 16.7 Å². The molecule has 160 valence electrons. The highest BCUT2D eigenvalue weighted by atomic mass is 35.5. The first-order chi connectivity index (χ1) is 14.8. The second-order valence-corrected chi connectivity index (χ2v) is 10.3. The van der Waals surface area contributed by atoms with Crippen molar-refractivity contribution >= 4 is 51.2 Å². The molecule has 0 spiro atoms. The number of nitrogens with one attached hydrogen (secondary N) is 2. The number of carbonyl (C=O) groups is 2. The van der Waals surface area contributed by atoms with Crippen LogP contribution >= 0.6 is 22.9 Å². The van der Waals surface area contributed by atoms with E-state index in [0.29, 0.717) is 5.01 Å². The third kappa shape index (κ3) is 4.19. The number of rotatable bonds is 6. The molecule has 1 atom stereocenters. The van der Waals surface area contributed by atoms with E-state index in [1.165, 1.54) is 18.2 Å². The van der Waals surface area contributed by atoms with E-state index in [0.717, 1.165) is 22.5 Å². The summed E-state index contributed by atoms with van der Waals surface area (Å²) in [6.07, 6.45) is 4.25. The van der Waals surface area contributed by atoms with Crippen LogP contribution in [0, 0.1) is 0 Å². The number of hydrogen-bond acceptors (Lipinski definition) is 6. The Morgan fingerprint density at radius 3 is 2.74 bits per heavy atom. The van der Waals surface area contributed by atoms with Crippen molar-refractivity contribution in [2.75, 3.05) is 0 Å². The van der Waals surface area contributed by atoms with Crippen LogP contribution < -0.4 is 10.1 Å². The number of allylic oxidation sites excluding steroid dienone is 2. The molecule has 1 aromatic heterocycles. The van der Waals surface area contributed by atoms with Gasteiger partial charge in [0.1, 0.15) is 10.0 Å². The van der Waals surface area contributed by atoms with E-state index in [9.17, 15) is 18.0 Å². The van der Waals surface area contributed by atoms with Gasteiger partial charge < -0.3 is 5.32 Å². The molecule has 0 saturated carbocycles. The van der Waals surface area contributed by atoms with Gasteiger partial charge in [-0.3, -0.25) is 9.59 Å². The van der Waals surface area contributed by atoms with E-state index >= 15 is 4.39 Å². The van der Waals surface area contributed by atoms with Crippen LogP contribution in [0.3, 0.4) is 0 Å². The standard InChI is InChI=1S/C20H15ClFN3O4S2/c21-17-5-6-18(30-17)31(28,29)24-25(11-26)20-15(9-13(27)10-16(20)22)19-14-4-2-1-3-12(14)7-8-23-19/h1-9,11,19,23-24H,10H2. The zero-order valence-electron chi connectivity index (χ0n) is 15.7. The number of amides is 1. The SMILES string of the molecule is O=CN(NS(=O)(=O)c1ccc(Cl)s1)C1=C(F)CC(=O)C=C1C1NC=Cc2ccccc21. The Hall–Kier alpha value is -2.79. The van der Waals surface area contributed by atoms with Gasteiger partial charge in [0.2, 0.25) is 6.41 Å². The lowest BCUT2D eigenvalue weighted by molar-refractivity contribution is -0.118. The number of hydrogen-bond donors (Lipinski definition) is 2. The number of halogens is 2. The Balaban J connectivity index is 1.75. The fourth-order valence-corrected chi connectivity index (χ4v) is 5.88. The molecule has 1 aliphatic heterocycles. The number of hydrazine groups is 1. The van der Waals surface area contributed by atoms with Crippen LogP contribution in [-0.2, 0) is 19.6 Å². The van der Waals surface area contributed by atoms with Gasteiger partial charge in [-0.25, -0.2) is 17.8 Å². The Labute approximate surface area is 186 Å².